The van der Waals surface area contributed by atoms with Gasteiger partial charge in [-0.15, -0.1) is 0 Å². The fourth-order valence-electron chi connectivity index (χ4n) is 7.51. The summed E-state index contributed by atoms with van der Waals surface area (Å²) in [5.74, 6) is -3.18. The second kappa shape index (κ2) is 17.9. The average Bonchev–Trinajstić information content (AvgIpc) is 3.21. The smallest absolute Gasteiger partial charge is 0.335 e. The molecule has 1 atom stereocenters. The molecule has 6 rings (SSSR count). The maximum absolute atomic E-state index is 13.9. The van der Waals surface area contributed by atoms with Gasteiger partial charge in [-0.1, -0.05) is 30.3 Å². The third-order valence-electron chi connectivity index (χ3n) is 10.9. The number of aryl methyl sites for hydroxylation is 2. The van der Waals surface area contributed by atoms with Crippen LogP contribution in [-0.4, -0.2) is 61.5 Å². The minimum atomic E-state index is -4.00. The molecule has 294 valence electrons. The largest absolute Gasteiger partial charge is 0.481 e. The third kappa shape index (κ3) is 10.2. The summed E-state index contributed by atoms with van der Waals surface area (Å²) in [4.78, 5) is 52.2. The molecule has 2 aliphatic rings. The fraction of sp³-hybridized carbons (Fsp3) is 0.349. The lowest BCUT2D eigenvalue weighted by atomic mass is 9.79. The highest BCUT2D eigenvalue weighted by molar-refractivity contribution is 7.89. The molecule has 13 heteroatoms. The summed E-state index contributed by atoms with van der Waals surface area (Å²) in [6.45, 7) is 3.49. The predicted octanol–water partition coefficient (Wildman–Crippen LogP) is 7.22. The maximum atomic E-state index is 13.9. The number of amides is 2. The van der Waals surface area contributed by atoms with E-state index in [1.165, 1.54) is 24.3 Å². The summed E-state index contributed by atoms with van der Waals surface area (Å²) in [6.07, 6.45) is 6.89. The molecular weight excluding hydrogens is 733 g/mol. The maximum Gasteiger partial charge on any atom is 0.335 e. The zero-order valence-corrected chi connectivity index (χ0v) is 32.2. The number of benzene rings is 4. The van der Waals surface area contributed by atoms with Crippen molar-refractivity contribution in [3.05, 3.63) is 119 Å². The number of nitrogens with one attached hydrogen (secondary N) is 3. The van der Waals surface area contributed by atoms with Crippen LogP contribution in [0.1, 0.15) is 94.1 Å². The lowest BCUT2D eigenvalue weighted by Gasteiger charge is -2.30. The van der Waals surface area contributed by atoms with Crippen LogP contribution in [0.25, 0.3) is 0 Å². The molecule has 56 heavy (non-hydrogen) atoms. The van der Waals surface area contributed by atoms with Crippen molar-refractivity contribution in [2.24, 2.45) is 11.8 Å². The average molecular weight is 781 g/mol. The zero-order chi connectivity index (χ0) is 39.8. The van der Waals surface area contributed by atoms with Gasteiger partial charge >= 0.3 is 11.9 Å². The van der Waals surface area contributed by atoms with Gasteiger partial charge in [-0.3, -0.25) is 14.4 Å². The van der Waals surface area contributed by atoms with E-state index in [-0.39, 0.29) is 33.2 Å². The molecule has 0 radical (unpaired) electrons. The van der Waals surface area contributed by atoms with Crippen molar-refractivity contribution in [3.8, 4) is 0 Å². The van der Waals surface area contributed by atoms with Crippen LogP contribution < -0.4 is 20.3 Å². The van der Waals surface area contributed by atoms with Crippen molar-refractivity contribution in [2.75, 3.05) is 28.6 Å². The van der Waals surface area contributed by atoms with Crippen LogP contribution in [0.3, 0.4) is 0 Å². The van der Waals surface area contributed by atoms with Crippen LogP contribution in [-0.2, 0) is 27.7 Å². The number of aromatic carboxylic acids is 1. The van der Waals surface area contributed by atoms with E-state index in [1.807, 2.05) is 42.5 Å². The molecule has 0 aromatic heterocycles. The normalized spacial score (nSPS) is 17.8. The van der Waals surface area contributed by atoms with Gasteiger partial charge in [0.1, 0.15) is 0 Å². The molecule has 1 saturated heterocycles. The molecule has 1 unspecified atom stereocenters. The molecule has 2 amide bonds. The Bertz CT molecular complexity index is 2160. The summed E-state index contributed by atoms with van der Waals surface area (Å²) in [6, 6.07) is 24.9. The van der Waals surface area contributed by atoms with E-state index in [2.05, 4.69) is 20.3 Å². The monoisotopic (exact) mass is 780 g/mol. The minimum Gasteiger partial charge on any atom is -0.481 e. The van der Waals surface area contributed by atoms with Gasteiger partial charge in [-0.05, 0) is 142 Å². The molecule has 0 spiro atoms. The molecule has 1 saturated carbocycles. The van der Waals surface area contributed by atoms with Crippen molar-refractivity contribution in [2.45, 2.75) is 75.6 Å². The highest BCUT2D eigenvalue weighted by Gasteiger charge is 2.31. The predicted molar refractivity (Wildman–Crippen MR) is 215 cm³/mol. The first-order valence-corrected chi connectivity index (χ1v) is 20.6. The van der Waals surface area contributed by atoms with Crippen molar-refractivity contribution in [1.82, 2.24) is 4.72 Å². The Balaban J connectivity index is 1.14. The molecule has 1 aliphatic heterocycles. The first-order valence-electron chi connectivity index (χ1n) is 19.1. The SMILES string of the molecule is CC(NS(=O)(=O)c1cccc(C(=O)Nc2ccc(N3CCCCC3)cc2C(=O)Nc2ccc(CCc3ccc(C(=O)O)cc3)cc2)c1)[C@H]1CC[C@H](C(=O)O)CC1. The Morgan fingerprint density at radius 1 is 0.732 bits per heavy atom. The highest BCUT2D eigenvalue weighted by atomic mass is 32.2. The number of carbonyl (C=O) groups excluding carboxylic acids is 2. The van der Waals surface area contributed by atoms with Gasteiger partial charge in [0.25, 0.3) is 11.8 Å². The number of hydrogen-bond acceptors (Lipinski definition) is 7. The molecule has 1 heterocycles. The number of carbonyl (C=O) groups is 4. The molecular formula is C43H48N4O8S. The standard InChI is InChI=1S/C43H48N4O8S/c1-28(31-16-18-33(19-17-31)43(52)53)46-56(54,55)37-7-5-6-34(26-37)40(48)45-39-23-22-36(47-24-3-2-4-25-47)27-38(39)41(49)44-35-20-12-30(13-21-35)9-8-29-10-14-32(15-11-29)42(50)51/h5-7,10-15,20-23,26-28,31,33,46H,2-4,8-9,16-19,24-25H2,1H3,(H,44,49)(H,45,48)(H,50,51)(H,52,53)/t28?,31-,33-. The summed E-state index contributed by atoms with van der Waals surface area (Å²) in [7, 11) is -4.00. The van der Waals surface area contributed by atoms with E-state index >= 15 is 0 Å². The first-order chi connectivity index (χ1) is 26.9. The number of carboxylic acid groups (broad SMARTS) is 2. The highest BCUT2D eigenvalue weighted by Crippen LogP contribution is 2.32. The molecule has 5 N–H and O–H groups in total. The topological polar surface area (TPSA) is 182 Å². The van der Waals surface area contributed by atoms with Crippen molar-refractivity contribution in [1.29, 1.82) is 0 Å². The zero-order valence-electron chi connectivity index (χ0n) is 31.4. The van der Waals surface area contributed by atoms with Crippen LogP contribution >= 0.6 is 0 Å². The Morgan fingerprint density at radius 2 is 1.38 bits per heavy atom. The number of carboxylic acids is 2. The number of aliphatic carboxylic acids is 1. The summed E-state index contributed by atoms with van der Waals surface area (Å²) >= 11 is 0. The second-order valence-electron chi connectivity index (χ2n) is 14.8. The van der Waals surface area contributed by atoms with Crippen molar-refractivity contribution in [3.63, 3.8) is 0 Å². The van der Waals surface area contributed by atoms with Gasteiger partial charge in [0.15, 0.2) is 0 Å². The van der Waals surface area contributed by atoms with E-state index in [1.54, 1.807) is 31.2 Å². The van der Waals surface area contributed by atoms with Gasteiger partial charge in [0, 0.05) is 36.1 Å². The Labute approximate surface area is 327 Å². The lowest BCUT2D eigenvalue weighted by Crippen LogP contribution is -2.40. The van der Waals surface area contributed by atoms with E-state index in [9.17, 15) is 32.7 Å². The lowest BCUT2D eigenvalue weighted by molar-refractivity contribution is -0.143. The molecule has 4 aromatic rings. The number of piperidine rings is 1. The third-order valence-corrected chi connectivity index (χ3v) is 12.5. The van der Waals surface area contributed by atoms with Gasteiger partial charge in [0.2, 0.25) is 10.0 Å². The van der Waals surface area contributed by atoms with E-state index in [0.717, 1.165) is 62.0 Å². The quantitative estimate of drug-likeness (QED) is 0.0882. The Morgan fingerprint density at radius 3 is 2.00 bits per heavy atom. The summed E-state index contributed by atoms with van der Waals surface area (Å²) in [5, 5.41) is 24.3. The van der Waals surface area contributed by atoms with Crippen LogP contribution in [0.4, 0.5) is 17.1 Å². The van der Waals surface area contributed by atoms with Crippen LogP contribution in [0, 0.1) is 11.8 Å². The first kappa shape index (κ1) is 40.1. The van der Waals surface area contributed by atoms with Gasteiger partial charge < -0.3 is 25.7 Å². The number of sulfonamides is 1. The Kier molecular flexibility index (Phi) is 12.9. The molecule has 0 bridgehead atoms. The molecule has 2 fully saturated rings. The van der Waals surface area contributed by atoms with Gasteiger partial charge in [0.05, 0.1) is 27.6 Å². The van der Waals surface area contributed by atoms with E-state index < -0.39 is 45.7 Å². The number of rotatable bonds is 14. The van der Waals surface area contributed by atoms with Crippen molar-refractivity contribution >= 4 is 50.8 Å². The van der Waals surface area contributed by atoms with Gasteiger partial charge in [-0.2, -0.15) is 0 Å². The number of hydrogen-bond donors (Lipinski definition) is 5. The summed E-state index contributed by atoms with van der Waals surface area (Å²) < 4.78 is 29.6. The summed E-state index contributed by atoms with van der Waals surface area (Å²) in [5.41, 5.74) is 4.37. The molecule has 1 aliphatic carbocycles. The van der Waals surface area contributed by atoms with Crippen molar-refractivity contribution < 1.29 is 37.8 Å². The van der Waals surface area contributed by atoms with E-state index in [0.29, 0.717) is 31.4 Å². The number of nitrogens with zero attached hydrogens (tertiary/aromatic N) is 1. The van der Waals surface area contributed by atoms with Gasteiger partial charge in [-0.25, -0.2) is 17.9 Å². The fourth-order valence-corrected chi connectivity index (χ4v) is 8.87. The number of anilines is 3. The van der Waals surface area contributed by atoms with Crippen LogP contribution in [0.5, 0.6) is 0 Å². The van der Waals surface area contributed by atoms with Crippen LogP contribution in [0.2, 0.25) is 0 Å². The Hall–Kier alpha value is -5.53. The molecule has 4 aromatic carbocycles. The van der Waals surface area contributed by atoms with E-state index in [4.69, 9.17) is 5.11 Å². The van der Waals surface area contributed by atoms with Crippen LogP contribution in [0.15, 0.2) is 95.9 Å². The second-order valence-corrected chi connectivity index (χ2v) is 16.5. The molecule has 12 nitrogen and oxygen atoms in total. The minimum absolute atomic E-state index is 0.000826.